The van der Waals surface area contributed by atoms with Crippen LogP contribution in [-0.2, 0) is 0 Å². The molecule has 0 unspecified atom stereocenters. The summed E-state index contributed by atoms with van der Waals surface area (Å²) in [6, 6.07) is 33.3. The van der Waals surface area contributed by atoms with Gasteiger partial charge in [-0.3, -0.25) is 0 Å². The Hall–Kier alpha value is -4.38. The Balaban J connectivity index is 1.34. The fraction of sp³-hybridized carbons (Fsp3) is 0.133. The molecule has 0 spiro atoms. The predicted molar refractivity (Wildman–Crippen MR) is 136 cm³/mol. The van der Waals surface area contributed by atoms with Crippen molar-refractivity contribution in [2.75, 3.05) is 0 Å². The zero-order valence-electron chi connectivity index (χ0n) is 19.3. The van der Waals surface area contributed by atoms with E-state index in [1.54, 1.807) is 0 Å². The third-order valence-electron chi connectivity index (χ3n) is 6.91. The summed E-state index contributed by atoms with van der Waals surface area (Å²) in [6.45, 7) is 2.11. The summed E-state index contributed by atoms with van der Waals surface area (Å²) in [5, 5.41) is 12.5. The number of aryl methyl sites for hydroxylation is 1. The van der Waals surface area contributed by atoms with Crippen LogP contribution in [0.5, 0.6) is 5.75 Å². The van der Waals surface area contributed by atoms with E-state index in [9.17, 15) is 0 Å². The number of hydrogen-bond donors (Lipinski definition) is 0. The first-order valence-corrected chi connectivity index (χ1v) is 11.9. The molecule has 5 aromatic rings. The molecule has 2 aliphatic heterocycles. The van der Waals surface area contributed by atoms with E-state index in [1.807, 2.05) is 42.5 Å². The minimum Gasteiger partial charge on any atom is -0.464 e. The number of rotatable bonds is 3. The summed E-state index contributed by atoms with van der Waals surface area (Å²) in [5.74, 6) is 1.67. The molecule has 2 atom stereocenters. The van der Waals surface area contributed by atoms with Crippen molar-refractivity contribution in [3.05, 3.63) is 119 Å². The first kappa shape index (κ1) is 20.0. The molecule has 0 saturated heterocycles. The maximum absolute atomic E-state index is 6.57. The molecule has 7 rings (SSSR count). The normalized spacial score (nSPS) is 18.7. The molecule has 5 heteroatoms. The van der Waals surface area contributed by atoms with Crippen LogP contribution in [0.3, 0.4) is 0 Å². The van der Waals surface area contributed by atoms with Crippen molar-refractivity contribution in [1.82, 2.24) is 10.2 Å². The molecule has 2 aliphatic rings. The lowest BCUT2D eigenvalue weighted by Gasteiger charge is -2.38. The molecular formula is C30H23N3O2. The van der Waals surface area contributed by atoms with Crippen LogP contribution in [0.25, 0.3) is 22.2 Å². The van der Waals surface area contributed by atoms with E-state index in [1.165, 1.54) is 11.1 Å². The van der Waals surface area contributed by atoms with Crippen LogP contribution in [0.15, 0.2) is 107 Å². The van der Waals surface area contributed by atoms with E-state index in [-0.39, 0.29) is 12.3 Å². The van der Waals surface area contributed by atoms with Crippen molar-refractivity contribution in [3.63, 3.8) is 0 Å². The van der Waals surface area contributed by atoms with E-state index in [0.29, 0.717) is 0 Å². The van der Waals surface area contributed by atoms with Gasteiger partial charge in [0.2, 0.25) is 6.23 Å². The van der Waals surface area contributed by atoms with Gasteiger partial charge in [0, 0.05) is 23.1 Å². The first-order valence-electron chi connectivity index (χ1n) is 11.9. The average Bonchev–Trinajstić information content (AvgIpc) is 3.54. The third-order valence-corrected chi connectivity index (χ3v) is 6.91. The second-order valence-corrected chi connectivity index (χ2v) is 9.17. The molecule has 0 aliphatic carbocycles. The summed E-state index contributed by atoms with van der Waals surface area (Å²) < 4.78 is 12.3. The largest absolute Gasteiger partial charge is 0.464 e. The molecule has 35 heavy (non-hydrogen) atoms. The monoisotopic (exact) mass is 457 g/mol. The number of hydrazone groups is 1. The average molecular weight is 458 g/mol. The Bertz CT molecular complexity index is 1570. The highest BCUT2D eigenvalue weighted by Crippen LogP contribution is 2.48. The highest BCUT2D eigenvalue weighted by molar-refractivity contribution is 6.02. The minimum absolute atomic E-state index is 0.119. The van der Waals surface area contributed by atoms with Gasteiger partial charge in [0.05, 0.1) is 17.1 Å². The van der Waals surface area contributed by atoms with Gasteiger partial charge in [-0.25, -0.2) is 5.01 Å². The number of fused-ring (bicyclic) bond motifs is 4. The Morgan fingerprint density at radius 3 is 2.49 bits per heavy atom. The van der Waals surface area contributed by atoms with Crippen LogP contribution in [0.4, 0.5) is 0 Å². The van der Waals surface area contributed by atoms with Crippen LogP contribution in [0.1, 0.15) is 40.9 Å². The molecule has 0 bridgehead atoms. The predicted octanol–water partition coefficient (Wildman–Crippen LogP) is 7.05. The van der Waals surface area contributed by atoms with Gasteiger partial charge in [0.1, 0.15) is 11.3 Å². The topological polar surface area (TPSA) is 50.9 Å². The molecule has 0 fully saturated rings. The van der Waals surface area contributed by atoms with Gasteiger partial charge in [-0.1, -0.05) is 89.6 Å². The molecule has 4 aromatic carbocycles. The van der Waals surface area contributed by atoms with Crippen LogP contribution in [0, 0.1) is 6.92 Å². The van der Waals surface area contributed by atoms with Crippen LogP contribution < -0.4 is 4.74 Å². The second-order valence-electron chi connectivity index (χ2n) is 9.17. The van der Waals surface area contributed by atoms with Crippen molar-refractivity contribution in [1.29, 1.82) is 0 Å². The smallest absolute Gasteiger partial charge is 0.213 e. The van der Waals surface area contributed by atoms with Crippen molar-refractivity contribution in [3.8, 4) is 17.1 Å². The lowest BCUT2D eigenvalue weighted by molar-refractivity contribution is -0.0189. The van der Waals surface area contributed by atoms with Gasteiger partial charge in [-0.2, -0.15) is 5.10 Å². The molecule has 3 heterocycles. The summed E-state index contributed by atoms with van der Waals surface area (Å²) in [6.07, 6.45) is 0.491. The fourth-order valence-electron chi connectivity index (χ4n) is 5.09. The maximum Gasteiger partial charge on any atom is 0.213 e. The molecular weight excluding hydrogens is 434 g/mol. The number of benzene rings is 4. The van der Waals surface area contributed by atoms with Gasteiger partial charge < -0.3 is 9.26 Å². The lowest BCUT2D eigenvalue weighted by Crippen LogP contribution is -2.33. The number of para-hydroxylation sites is 1. The Morgan fingerprint density at radius 2 is 1.63 bits per heavy atom. The number of aromatic nitrogens is 1. The fourth-order valence-corrected chi connectivity index (χ4v) is 5.09. The molecule has 0 saturated carbocycles. The molecule has 0 radical (unpaired) electrons. The molecule has 0 amide bonds. The highest BCUT2D eigenvalue weighted by atomic mass is 16.5. The third kappa shape index (κ3) is 3.31. The summed E-state index contributed by atoms with van der Waals surface area (Å²) in [5.41, 5.74) is 7.50. The van der Waals surface area contributed by atoms with Gasteiger partial charge in [-0.05, 0) is 30.7 Å². The molecule has 1 aromatic heterocycles. The molecule has 5 nitrogen and oxygen atoms in total. The minimum atomic E-state index is -0.347. The number of nitrogens with zero attached hydrogens (tertiary/aromatic N) is 3. The van der Waals surface area contributed by atoms with Gasteiger partial charge in [0.25, 0.3) is 0 Å². The van der Waals surface area contributed by atoms with Crippen molar-refractivity contribution in [2.24, 2.45) is 5.10 Å². The van der Waals surface area contributed by atoms with E-state index in [2.05, 4.69) is 71.7 Å². The van der Waals surface area contributed by atoms with E-state index in [0.717, 1.165) is 51.2 Å². The Labute approximate surface area is 203 Å². The standard InChI is InChI=1S/C30H23N3O2/c1-19-11-13-20(14-12-19)26-18-27-23-9-5-6-10-28(23)34-30(33(27)31-26)22-15-16-25-24(17-22)29(35-32-25)21-7-3-2-4-8-21/h2-17,27,30H,18H2,1H3/t27-,30+/m1/s1. The number of ether oxygens (including phenoxy) is 1. The van der Waals surface area contributed by atoms with E-state index in [4.69, 9.17) is 14.4 Å². The molecule has 0 N–H and O–H groups in total. The highest BCUT2D eigenvalue weighted by Gasteiger charge is 2.41. The quantitative estimate of drug-likeness (QED) is 0.291. The lowest BCUT2D eigenvalue weighted by atomic mass is 9.95. The van der Waals surface area contributed by atoms with E-state index < -0.39 is 0 Å². The van der Waals surface area contributed by atoms with Crippen molar-refractivity contribution < 1.29 is 9.26 Å². The van der Waals surface area contributed by atoms with E-state index >= 15 is 0 Å². The van der Waals surface area contributed by atoms with Crippen molar-refractivity contribution in [2.45, 2.75) is 25.6 Å². The van der Waals surface area contributed by atoms with Crippen molar-refractivity contribution >= 4 is 16.6 Å². The summed E-state index contributed by atoms with van der Waals surface area (Å²) in [7, 11) is 0. The first-order chi connectivity index (χ1) is 17.2. The summed E-state index contributed by atoms with van der Waals surface area (Å²) in [4.78, 5) is 0. The zero-order valence-corrected chi connectivity index (χ0v) is 19.3. The van der Waals surface area contributed by atoms with Gasteiger partial charge >= 0.3 is 0 Å². The number of hydrogen-bond acceptors (Lipinski definition) is 5. The maximum atomic E-state index is 6.57. The van der Waals surface area contributed by atoms with Crippen LogP contribution in [0.2, 0.25) is 0 Å². The summed E-state index contributed by atoms with van der Waals surface area (Å²) >= 11 is 0. The van der Waals surface area contributed by atoms with Crippen LogP contribution in [-0.4, -0.2) is 15.9 Å². The molecule has 170 valence electrons. The Morgan fingerprint density at radius 1 is 0.829 bits per heavy atom. The zero-order chi connectivity index (χ0) is 23.4. The SMILES string of the molecule is Cc1ccc(C2=NN3[C@H](C2)c2ccccc2O[C@H]3c2ccc3noc(-c4ccccc4)c3c2)cc1. The Kier molecular flexibility index (Phi) is 4.49. The second kappa shape index (κ2) is 7.84. The van der Waals surface area contributed by atoms with Crippen LogP contribution >= 0.6 is 0 Å². The van der Waals surface area contributed by atoms with Gasteiger partial charge in [-0.15, -0.1) is 0 Å². The van der Waals surface area contributed by atoms with Gasteiger partial charge in [0.15, 0.2) is 5.76 Å².